The molecule has 7 heteroatoms. The first kappa shape index (κ1) is 28.0. The Morgan fingerprint density at radius 1 is 1.11 bits per heavy atom. The number of carbonyl (C=O) groups excluding carboxylic acids is 2. The van der Waals surface area contributed by atoms with Crippen molar-refractivity contribution in [3.8, 4) is 0 Å². The number of ether oxygens (including phenoxy) is 1. The number of rotatable bonds is 5. The van der Waals surface area contributed by atoms with E-state index in [0.717, 1.165) is 42.1 Å². The summed E-state index contributed by atoms with van der Waals surface area (Å²) in [5.41, 5.74) is 1.67. The van der Waals surface area contributed by atoms with E-state index >= 15 is 0 Å². The minimum Gasteiger partial charge on any atom is -0.444 e. The number of hydrogen-bond acceptors (Lipinski definition) is 4. The zero-order valence-electron chi connectivity index (χ0n) is 21.7. The number of nitrogens with one attached hydrogen (secondary N) is 1. The Balaban J connectivity index is 0.00000342. The molecule has 2 amide bonds. The van der Waals surface area contributed by atoms with E-state index in [9.17, 15) is 9.59 Å². The van der Waals surface area contributed by atoms with Crippen LogP contribution in [0.5, 0.6) is 0 Å². The number of piperazine rings is 1. The van der Waals surface area contributed by atoms with Crippen molar-refractivity contribution in [3.05, 3.63) is 41.2 Å². The summed E-state index contributed by atoms with van der Waals surface area (Å²) >= 11 is 3.59. The Labute approximate surface area is 220 Å². The van der Waals surface area contributed by atoms with Gasteiger partial charge in [0.1, 0.15) is 5.60 Å². The number of hydrogen-bond donors (Lipinski definition) is 1. The van der Waals surface area contributed by atoms with Gasteiger partial charge in [-0.15, -0.1) is 0 Å². The molecule has 1 heterocycles. The third-order valence-electron chi connectivity index (χ3n) is 7.69. The quantitative estimate of drug-likeness (QED) is 0.497. The van der Waals surface area contributed by atoms with Gasteiger partial charge in [0.2, 0.25) is 0 Å². The van der Waals surface area contributed by atoms with Crippen LogP contribution in [-0.4, -0.2) is 60.1 Å². The fourth-order valence-corrected chi connectivity index (χ4v) is 6.38. The van der Waals surface area contributed by atoms with E-state index in [1.807, 2.05) is 32.9 Å². The van der Waals surface area contributed by atoms with Crippen molar-refractivity contribution in [3.63, 3.8) is 0 Å². The summed E-state index contributed by atoms with van der Waals surface area (Å²) in [6.45, 7) is 10.1. The van der Waals surface area contributed by atoms with Crippen LogP contribution in [0.3, 0.4) is 0 Å². The second-order valence-corrected chi connectivity index (χ2v) is 12.4. The number of carbonyl (C=O) groups is 2. The van der Waals surface area contributed by atoms with Gasteiger partial charge in [-0.3, -0.25) is 9.69 Å². The molecule has 3 fully saturated rings. The molecule has 0 spiro atoms. The molecule has 4 rings (SSSR count). The van der Waals surface area contributed by atoms with Crippen LogP contribution in [0.1, 0.15) is 81.6 Å². The normalized spacial score (nSPS) is 24.9. The second-order valence-electron chi connectivity index (χ2n) is 11.6. The summed E-state index contributed by atoms with van der Waals surface area (Å²) in [6, 6.07) is 6.07. The molecule has 0 aromatic heterocycles. The molecule has 3 aliphatic rings. The molecular weight excluding hydrogens is 506 g/mol. The van der Waals surface area contributed by atoms with Crippen molar-refractivity contribution in [2.24, 2.45) is 11.3 Å². The largest absolute Gasteiger partial charge is 0.444 e. The molecule has 1 saturated heterocycles. The van der Waals surface area contributed by atoms with Crippen molar-refractivity contribution in [1.29, 1.82) is 0 Å². The molecule has 6 nitrogen and oxygen atoms in total. The Hall–Kier alpha value is -1.60. The average molecular weight is 549 g/mol. The van der Waals surface area contributed by atoms with E-state index in [4.69, 9.17) is 4.74 Å². The molecule has 194 valence electrons. The Morgan fingerprint density at radius 2 is 1.77 bits per heavy atom. The van der Waals surface area contributed by atoms with Crippen molar-refractivity contribution >= 4 is 27.9 Å². The van der Waals surface area contributed by atoms with Crippen molar-refractivity contribution < 1.29 is 14.3 Å². The highest BCUT2D eigenvalue weighted by atomic mass is 79.9. The monoisotopic (exact) mass is 547 g/mol. The van der Waals surface area contributed by atoms with Gasteiger partial charge in [-0.2, -0.15) is 0 Å². The second kappa shape index (κ2) is 11.6. The first-order valence-electron chi connectivity index (χ1n) is 12.9. The molecule has 2 saturated carbocycles. The number of halogens is 1. The van der Waals surface area contributed by atoms with Crippen LogP contribution in [0.25, 0.3) is 0 Å². The van der Waals surface area contributed by atoms with Gasteiger partial charge in [0.25, 0.3) is 5.91 Å². The Morgan fingerprint density at radius 3 is 2.40 bits per heavy atom. The molecular formula is C28H42BrN3O3. The van der Waals surface area contributed by atoms with E-state index < -0.39 is 5.60 Å². The third-order valence-corrected chi connectivity index (χ3v) is 8.38. The van der Waals surface area contributed by atoms with Crippen molar-refractivity contribution in [1.82, 2.24) is 15.1 Å². The number of benzene rings is 1. The summed E-state index contributed by atoms with van der Waals surface area (Å²) < 4.78 is 6.34. The minimum atomic E-state index is -0.474. The summed E-state index contributed by atoms with van der Waals surface area (Å²) in [5, 5.41) is 3.28. The molecule has 0 atom stereocenters. The molecule has 0 unspecified atom stereocenters. The van der Waals surface area contributed by atoms with E-state index in [-0.39, 0.29) is 19.4 Å². The van der Waals surface area contributed by atoms with Gasteiger partial charge in [0, 0.05) is 43.7 Å². The first-order valence-corrected chi connectivity index (χ1v) is 13.7. The van der Waals surface area contributed by atoms with Crippen LogP contribution in [0.15, 0.2) is 22.7 Å². The Bertz CT molecular complexity index is 880. The molecule has 2 aliphatic carbocycles. The zero-order chi connectivity index (χ0) is 24.3. The van der Waals surface area contributed by atoms with Gasteiger partial charge in [-0.05, 0) is 85.0 Å². The fourth-order valence-electron chi connectivity index (χ4n) is 5.95. The zero-order valence-corrected chi connectivity index (χ0v) is 23.3. The maximum Gasteiger partial charge on any atom is 0.410 e. The predicted molar refractivity (Wildman–Crippen MR) is 143 cm³/mol. The van der Waals surface area contributed by atoms with Crippen LogP contribution < -0.4 is 5.32 Å². The van der Waals surface area contributed by atoms with Gasteiger partial charge in [-0.1, -0.05) is 39.2 Å². The van der Waals surface area contributed by atoms with E-state index in [1.165, 1.54) is 44.9 Å². The lowest BCUT2D eigenvalue weighted by Crippen LogP contribution is -2.49. The molecule has 1 aliphatic heterocycles. The smallest absolute Gasteiger partial charge is 0.410 e. The fraction of sp³-hybridized carbons (Fsp3) is 0.679. The number of fused-ring (bicyclic) bond motifs is 2. The van der Waals surface area contributed by atoms with Crippen LogP contribution in [0, 0.1) is 18.8 Å². The highest BCUT2D eigenvalue weighted by Crippen LogP contribution is 2.48. The summed E-state index contributed by atoms with van der Waals surface area (Å²) in [6.07, 6.45) is 8.90. The first-order chi connectivity index (χ1) is 16.1. The van der Waals surface area contributed by atoms with Crippen LogP contribution in [-0.2, 0) is 11.3 Å². The summed E-state index contributed by atoms with van der Waals surface area (Å²) in [4.78, 5) is 29.6. The van der Waals surface area contributed by atoms with E-state index in [0.29, 0.717) is 24.1 Å². The lowest BCUT2D eigenvalue weighted by molar-refractivity contribution is 0.0139. The minimum absolute atomic E-state index is 0. The molecule has 2 radical (unpaired) electrons. The van der Waals surface area contributed by atoms with Crippen LogP contribution in [0.4, 0.5) is 4.79 Å². The average Bonchev–Trinajstić information content (AvgIpc) is 2.78. The third kappa shape index (κ3) is 7.45. The maximum absolute atomic E-state index is 13.1. The lowest BCUT2D eigenvalue weighted by Gasteiger charge is -2.45. The molecule has 2 bridgehead atoms. The molecule has 1 aromatic carbocycles. The van der Waals surface area contributed by atoms with Gasteiger partial charge in [0.15, 0.2) is 0 Å². The van der Waals surface area contributed by atoms with Crippen LogP contribution >= 0.6 is 15.9 Å². The van der Waals surface area contributed by atoms with E-state index in [1.54, 1.807) is 4.90 Å². The van der Waals surface area contributed by atoms with Gasteiger partial charge in [0.05, 0.1) is 5.56 Å². The van der Waals surface area contributed by atoms with Crippen molar-refractivity contribution in [2.45, 2.75) is 77.9 Å². The molecule has 35 heavy (non-hydrogen) atoms. The maximum atomic E-state index is 13.1. The topological polar surface area (TPSA) is 61.9 Å². The van der Waals surface area contributed by atoms with Gasteiger partial charge < -0.3 is 15.0 Å². The highest BCUT2D eigenvalue weighted by molar-refractivity contribution is 9.10. The van der Waals surface area contributed by atoms with E-state index in [2.05, 4.69) is 32.2 Å². The number of amides is 2. The van der Waals surface area contributed by atoms with Gasteiger partial charge in [-0.25, -0.2) is 4.79 Å². The van der Waals surface area contributed by atoms with Crippen LogP contribution in [0.2, 0.25) is 0 Å². The SMILES string of the molecule is CC(C)(C)OC(=O)N1CCN(Cc2ccc(Br)c(C(=O)NCC34CCCC(CCC3)C4)c2)CC1.[CH2]. The molecule has 1 aromatic rings. The molecule has 1 N–H and O–H groups in total. The number of nitrogens with zero attached hydrogens (tertiary/aromatic N) is 2. The highest BCUT2D eigenvalue weighted by Gasteiger charge is 2.39. The standard InChI is InChI=1S/C27H40BrN3O3.CH2/c1-26(2,3)34-25(33)31-14-12-30(13-15-31)18-21-8-9-23(28)22(16-21)24(32)29-19-27-10-4-6-20(17-27)7-5-11-27;/h8-9,16,20H,4-7,10-15,17-19H2,1-3H3,(H,29,32);1H2. The summed E-state index contributed by atoms with van der Waals surface area (Å²) in [5.74, 6) is 0.885. The Kier molecular flexibility index (Phi) is 9.30. The van der Waals surface area contributed by atoms with Gasteiger partial charge >= 0.3 is 6.09 Å². The summed E-state index contributed by atoms with van der Waals surface area (Å²) in [7, 11) is 0. The lowest BCUT2D eigenvalue weighted by atomic mass is 9.62. The van der Waals surface area contributed by atoms with Crippen molar-refractivity contribution in [2.75, 3.05) is 32.7 Å². The predicted octanol–water partition coefficient (Wildman–Crippen LogP) is 5.92.